The molecule has 0 radical (unpaired) electrons. The molecule has 2 aromatic rings. The van der Waals surface area contributed by atoms with E-state index in [2.05, 4.69) is 5.32 Å². The van der Waals surface area contributed by atoms with Crippen LogP contribution in [0.2, 0.25) is 0 Å². The number of nitrogens with one attached hydrogen (secondary N) is 1. The van der Waals surface area contributed by atoms with Crippen LogP contribution in [0.15, 0.2) is 47.4 Å². The molecule has 8 heteroatoms. The van der Waals surface area contributed by atoms with Gasteiger partial charge in [-0.25, -0.2) is 8.42 Å². The van der Waals surface area contributed by atoms with Crippen LogP contribution >= 0.6 is 0 Å². The molecule has 0 saturated carbocycles. The van der Waals surface area contributed by atoms with Crippen LogP contribution in [0.4, 0.5) is 0 Å². The molecule has 32 heavy (non-hydrogen) atoms. The number of carbonyl (C=O) groups is 1. The van der Waals surface area contributed by atoms with Gasteiger partial charge in [0.15, 0.2) is 0 Å². The van der Waals surface area contributed by atoms with E-state index in [1.54, 1.807) is 17.5 Å². The molecule has 1 amide bonds. The largest absolute Gasteiger partial charge is 0.496 e. The van der Waals surface area contributed by atoms with E-state index in [9.17, 15) is 13.2 Å². The summed E-state index contributed by atoms with van der Waals surface area (Å²) in [7, 11) is -1.90. The molecule has 4 rings (SSSR count). The van der Waals surface area contributed by atoms with Crippen LogP contribution in [-0.4, -0.2) is 63.4 Å². The monoisotopic (exact) mass is 457 g/mol. The van der Waals surface area contributed by atoms with Gasteiger partial charge in [0.1, 0.15) is 5.75 Å². The van der Waals surface area contributed by atoms with Crippen molar-refractivity contribution in [3.63, 3.8) is 0 Å². The Hall–Kier alpha value is -2.42. The summed E-state index contributed by atoms with van der Waals surface area (Å²) in [6.07, 6.45) is 4.28. The number of rotatable bonds is 7. The van der Waals surface area contributed by atoms with Crippen LogP contribution in [0.3, 0.4) is 0 Å². The van der Waals surface area contributed by atoms with Crippen molar-refractivity contribution in [2.24, 2.45) is 0 Å². The fraction of sp³-hybridized carbons (Fsp3) is 0.458. The van der Waals surface area contributed by atoms with E-state index < -0.39 is 10.0 Å². The lowest BCUT2D eigenvalue weighted by molar-refractivity contribution is -0.122. The third-order valence-electron chi connectivity index (χ3n) is 6.32. The third-order valence-corrected chi connectivity index (χ3v) is 8.22. The Morgan fingerprint density at radius 2 is 1.72 bits per heavy atom. The van der Waals surface area contributed by atoms with Gasteiger partial charge >= 0.3 is 0 Å². The molecule has 0 atom stereocenters. The van der Waals surface area contributed by atoms with Gasteiger partial charge in [0.25, 0.3) is 0 Å². The second-order valence-electron chi connectivity index (χ2n) is 8.41. The molecule has 1 aliphatic heterocycles. The van der Waals surface area contributed by atoms with Gasteiger partial charge in [-0.2, -0.15) is 4.31 Å². The molecule has 2 aromatic carbocycles. The van der Waals surface area contributed by atoms with Crippen LogP contribution < -0.4 is 10.1 Å². The Labute approximate surface area is 190 Å². The summed E-state index contributed by atoms with van der Waals surface area (Å²) >= 11 is 0. The number of piperazine rings is 1. The lowest BCUT2D eigenvalue weighted by Crippen LogP contribution is -2.51. The first-order chi connectivity index (χ1) is 15.5. The Morgan fingerprint density at radius 3 is 2.47 bits per heavy atom. The highest BCUT2D eigenvalue weighted by molar-refractivity contribution is 7.89. The van der Waals surface area contributed by atoms with Gasteiger partial charge in [-0.05, 0) is 55.0 Å². The second-order valence-corrected chi connectivity index (χ2v) is 10.3. The molecule has 2 aliphatic rings. The number of hydrogen-bond acceptors (Lipinski definition) is 5. The van der Waals surface area contributed by atoms with Gasteiger partial charge in [0, 0.05) is 38.3 Å². The predicted molar refractivity (Wildman–Crippen MR) is 123 cm³/mol. The quantitative estimate of drug-likeness (QED) is 0.690. The maximum Gasteiger partial charge on any atom is 0.243 e. The molecule has 1 heterocycles. The van der Waals surface area contributed by atoms with Crippen LogP contribution in [-0.2, 0) is 34.2 Å². The maximum absolute atomic E-state index is 13.1. The molecule has 0 unspecified atom stereocenters. The highest BCUT2D eigenvalue weighted by Crippen LogP contribution is 2.26. The average Bonchev–Trinajstić information content (AvgIpc) is 2.83. The van der Waals surface area contributed by atoms with Crippen LogP contribution in [0.25, 0.3) is 0 Å². The summed E-state index contributed by atoms with van der Waals surface area (Å²) in [6.45, 7) is 2.49. The van der Waals surface area contributed by atoms with Gasteiger partial charge in [-0.1, -0.05) is 24.3 Å². The Bertz CT molecular complexity index is 1060. The molecule has 1 N–H and O–H groups in total. The Morgan fingerprint density at radius 1 is 1.00 bits per heavy atom. The number of benzene rings is 2. The lowest BCUT2D eigenvalue weighted by Gasteiger charge is -2.33. The van der Waals surface area contributed by atoms with Gasteiger partial charge in [0.05, 0.1) is 18.6 Å². The molecule has 1 aliphatic carbocycles. The average molecular weight is 458 g/mol. The molecule has 7 nitrogen and oxygen atoms in total. The minimum Gasteiger partial charge on any atom is -0.496 e. The first-order valence-corrected chi connectivity index (χ1v) is 12.6. The van der Waals surface area contributed by atoms with Crippen molar-refractivity contribution in [2.75, 3.05) is 39.8 Å². The minimum atomic E-state index is -3.51. The van der Waals surface area contributed by atoms with Crippen LogP contribution in [0.1, 0.15) is 29.5 Å². The van der Waals surface area contributed by atoms with Crippen LogP contribution in [0, 0.1) is 0 Å². The molecule has 1 fully saturated rings. The van der Waals surface area contributed by atoms with Crippen molar-refractivity contribution in [3.8, 4) is 5.75 Å². The highest BCUT2D eigenvalue weighted by Gasteiger charge is 2.29. The summed E-state index contributed by atoms with van der Waals surface area (Å²) in [5, 5.41) is 2.92. The first-order valence-electron chi connectivity index (χ1n) is 11.2. The van der Waals surface area contributed by atoms with E-state index in [0.717, 1.165) is 30.6 Å². The van der Waals surface area contributed by atoms with Crippen LogP contribution in [0.5, 0.6) is 5.75 Å². The van der Waals surface area contributed by atoms with Gasteiger partial charge in [-0.3, -0.25) is 9.69 Å². The first kappa shape index (κ1) is 22.8. The molecular weight excluding hydrogens is 426 g/mol. The van der Waals surface area contributed by atoms with E-state index in [1.807, 2.05) is 41.3 Å². The summed E-state index contributed by atoms with van der Waals surface area (Å²) in [5.74, 6) is 0.663. The summed E-state index contributed by atoms with van der Waals surface area (Å²) in [6, 6.07) is 13.2. The molecule has 0 bridgehead atoms. The number of ether oxygens (including phenoxy) is 1. The number of fused-ring (bicyclic) bond motifs is 1. The minimum absolute atomic E-state index is 0.0816. The summed E-state index contributed by atoms with van der Waals surface area (Å²) < 4.78 is 33.1. The van der Waals surface area contributed by atoms with E-state index >= 15 is 0 Å². The smallest absolute Gasteiger partial charge is 0.243 e. The van der Waals surface area contributed by atoms with E-state index in [-0.39, 0.29) is 12.5 Å². The number of carbonyl (C=O) groups excluding carboxylic acids is 1. The topological polar surface area (TPSA) is 79.0 Å². The summed E-state index contributed by atoms with van der Waals surface area (Å²) in [5.41, 5.74) is 3.37. The fourth-order valence-corrected chi connectivity index (χ4v) is 5.92. The number of methoxy groups -OCH3 is 1. The van der Waals surface area contributed by atoms with Crippen molar-refractivity contribution in [3.05, 3.63) is 59.2 Å². The fourth-order valence-electron chi connectivity index (χ4n) is 4.45. The van der Waals surface area contributed by atoms with Crippen molar-refractivity contribution >= 4 is 15.9 Å². The molecule has 0 spiro atoms. The van der Waals surface area contributed by atoms with Gasteiger partial charge < -0.3 is 10.1 Å². The summed E-state index contributed by atoms with van der Waals surface area (Å²) in [4.78, 5) is 14.8. The van der Waals surface area contributed by atoms with Crippen molar-refractivity contribution in [1.29, 1.82) is 0 Å². The lowest BCUT2D eigenvalue weighted by atomic mass is 9.92. The number of nitrogens with zero attached hydrogens (tertiary/aromatic N) is 2. The normalized spacial score (nSPS) is 17.5. The highest BCUT2D eigenvalue weighted by atomic mass is 32.2. The zero-order chi connectivity index (χ0) is 22.6. The number of para-hydroxylation sites is 1. The maximum atomic E-state index is 13.1. The van der Waals surface area contributed by atoms with E-state index in [0.29, 0.717) is 37.6 Å². The standard InChI is InChI=1S/C24H31N3O4S/c1-31-23-9-5-4-8-21(23)17-25-24(28)18-26-12-14-27(15-13-26)32(29,30)22-11-10-19-6-2-3-7-20(19)16-22/h4-5,8-11,16H,2-3,6-7,12-15,17-18H2,1H3,(H,25,28). The Balaban J connectivity index is 1.29. The number of sulfonamides is 1. The molecule has 0 aromatic heterocycles. The van der Waals surface area contributed by atoms with Crippen molar-refractivity contribution in [2.45, 2.75) is 37.1 Å². The molecule has 1 saturated heterocycles. The predicted octanol–water partition coefficient (Wildman–Crippen LogP) is 2.20. The van der Waals surface area contributed by atoms with Crippen molar-refractivity contribution < 1.29 is 17.9 Å². The van der Waals surface area contributed by atoms with Crippen molar-refractivity contribution in [1.82, 2.24) is 14.5 Å². The van der Waals surface area contributed by atoms with E-state index in [4.69, 9.17) is 4.74 Å². The third kappa shape index (κ3) is 5.14. The van der Waals surface area contributed by atoms with Gasteiger partial charge in [0.2, 0.25) is 15.9 Å². The number of amides is 1. The number of hydrogen-bond donors (Lipinski definition) is 1. The van der Waals surface area contributed by atoms with Gasteiger partial charge in [-0.15, -0.1) is 0 Å². The zero-order valence-corrected chi connectivity index (χ0v) is 19.4. The van der Waals surface area contributed by atoms with E-state index in [1.165, 1.54) is 17.5 Å². The molecule has 172 valence electrons. The molecular formula is C24H31N3O4S. The number of aryl methyl sites for hydroxylation is 2. The SMILES string of the molecule is COc1ccccc1CNC(=O)CN1CCN(S(=O)(=O)c2ccc3c(c2)CCCC3)CC1. The zero-order valence-electron chi connectivity index (χ0n) is 18.5. The second kappa shape index (κ2) is 10.0. The Kier molecular flexibility index (Phi) is 7.13.